The molecule has 1 N–H and O–H groups in total. The number of ether oxygens (including phenoxy) is 1. The lowest BCUT2D eigenvalue weighted by Gasteiger charge is -2.31. The van der Waals surface area contributed by atoms with Gasteiger partial charge in [-0.05, 0) is 55.2 Å². The Morgan fingerprint density at radius 3 is 2.80 bits per heavy atom. The van der Waals surface area contributed by atoms with Crippen molar-refractivity contribution in [2.45, 2.75) is 19.3 Å². The number of nitrogens with zero attached hydrogens (tertiary/aromatic N) is 1. The zero-order valence-corrected chi connectivity index (χ0v) is 14.2. The zero-order chi connectivity index (χ0) is 17.5. The van der Waals surface area contributed by atoms with E-state index in [1.807, 2.05) is 0 Å². The molecule has 3 rings (SSSR count). The maximum Gasteiger partial charge on any atom is 0.257 e. The minimum atomic E-state index is -0.323. The van der Waals surface area contributed by atoms with Crippen molar-refractivity contribution in [2.75, 3.05) is 31.1 Å². The maximum absolute atomic E-state index is 12.8. The number of carbonyl (C=O) groups is 1. The number of halogens is 1. The summed E-state index contributed by atoms with van der Waals surface area (Å²) in [7, 11) is 0. The molecule has 0 bridgehead atoms. The number of anilines is 1. The van der Waals surface area contributed by atoms with Gasteiger partial charge in [-0.25, -0.2) is 4.39 Å². The van der Waals surface area contributed by atoms with Crippen LogP contribution in [0.25, 0.3) is 0 Å². The molecule has 5 heteroatoms. The van der Waals surface area contributed by atoms with Gasteiger partial charge in [0, 0.05) is 25.3 Å². The molecule has 0 spiro atoms. The van der Waals surface area contributed by atoms with Crippen molar-refractivity contribution in [1.29, 1.82) is 0 Å². The summed E-state index contributed by atoms with van der Waals surface area (Å²) in [6, 6.07) is 14.2. The van der Waals surface area contributed by atoms with E-state index in [1.165, 1.54) is 41.9 Å². The number of benzene rings is 2. The smallest absolute Gasteiger partial charge is 0.257 e. The van der Waals surface area contributed by atoms with E-state index in [4.69, 9.17) is 4.74 Å². The van der Waals surface area contributed by atoms with Crippen LogP contribution in [0.1, 0.15) is 18.4 Å². The number of hydrogen-bond acceptors (Lipinski definition) is 3. The number of rotatable bonds is 7. The fraction of sp³-hybridized carbons (Fsp3) is 0.350. The van der Waals surface area contributed by atoms with E-state index < -0.39 is 0 Å². The van der Waals surface area contributed by atoms with Crippen molar-refractivity contribution >= 4 is 11.6 Å². The third-order valence-corrected chi connectivity index (χ3v) is 4.32. The molecule has 0 fully saturated rings. The van der Waals surface area contributed by atoms with E-state index in [9.17, 15) is 9.18 Å². The van der Waals surface area contributed by atoms with Crippen molar-refractivity contribution in [1.82, 2.24) is 5.32 Å². The third kappa shape index (κ3) is 4.95. The van der Waals surface area contributed by atoms with Crippen LogP contribution in [0.4, 0.5) is 10.1 Å². The lowest BCUT2D eigenvalue weighted by atomic mass is 10.0. The van der Waals surface area contributed by atoms with Gasteiger partial charge in [-0.1, -0.05) is 18.2 Å². The first-order valence-electron chi connectivity index (χ1n) is 8.70. The van der Waals surface area contributed by atoms with Crippen LogP contribution in [0.2, 0.25) is 0 Å². The SMILES string of the molecule is O=C(COc1ccc(F)cc1)NCCCN1CCCc2ccccc21. The van der Waals surface area contributed by atoms with Gasteiger partial charge in [0.1, 0.15) is 11.6 Å². The summed E-state index contributed by atoms with van der Waals surface area (Å²) >= 11 is 0. The summed E-state index contributed by atoms with van der Waals surface area (Å²) in [6.45, 7) is 2.55. The molecule has 1 aliphatic rings. The second kappa shape index (κ2) is 8.51. The molecule has 0 saturated heterocycles. The minimum Gasteiger partial charge on any atom is -0.484 e. The van der Waals surface area contributed by atoms with E-state index in [0.29, 0.717) is 12.3 Å². The Morgan fingerprint density at radius 1 is 1.16 bits per heavy atom. The fourth-order valence-electron chi connectivity index (χ4n) is 3.07. The van der Waals surface area contributed by atoms with Gasteiger partial charge < -0.3 is 15.0 Å². The molecule has 2 aromatic rings. The number of amides is 1. The molecular weight excluding hydrogens is 319 g/mol. The Bertz CT molecular complexity index is 703. The van der Waals surface area contributed by atoms with Crippen LogP contribution in [0.15, 0.2) is 48.5 Å². The summed E-state index contributed by atoms with van der Waals surface area (Å²) in [5.41, 5.74) is 2.73. The predicted molar refractivity (Wildman–Crippen MR) is 96.5 cm³/mol. The number of aryl methyl sites for hydroxylation is 1. The van der Waals surface area contributed by atoms with Gasteiger partial charge >= 0.3 is 0 Å². The molecule has 2 aromatic carbocycles. The molecule has 0 radical (unpaired) electrons. The van der Waals surface area contributed by atoms with Gasteiger partial charge in [-0.3, -0.25) is 4.79 Å². The van der Waals surface area contributed by atoms with Crippen LogP contribution in [-0.4, -0.2) is 32.1 Å². The van der Waals surface area contributed by atoms with E-state index >= 15 is 0 Å². The van der Waals surface area contributed by atoms with Crippen LogP contribution in [0.5, 0.6) is 5.75 Å². The minimum absolute atomic E-state index is 0.0574. The lowest BCUT2D eigenvalue weighted by molar-refractivity contribution is -0.123. The molecule has 0 unspecified atom stereocenters. The zero-order valence-electron chi connectivity index (χ0n) is 14.2. The van der Waals surface area contributed by atoms with Crippen molar-refractivity contribution < 1.29 is 13.9 Å². The van der Waals surface area contributed by atoms with Crippen LogP contribution >= 0.6 is 0 Å². The molecule has 0 atom stereocenters. The lowest BCUT2D eigenvalue weighted by Crippen LogP contribution is -2.34. The van der Waals surface area contributed by atoms with Gasteiger partial charge in [-0.2, -0.15) is 0 Å². The van der Waals surface area contributed by atoms with Crippen molar-refractivity contribution in [3.05, 3.63) is 59.9 Å². The van der Waals surface area contributed by atoms with Gasteiger partial charge in [0.2, 0.25) is 0 Å². The average molecular weight is 342 g/mol. The highest BCUT2D eigenvalue weighted by Crippen LogP contribution is 2.26. The number of para-hydroxylation sites is 1. The highest BCUT2D eigenvalue weighted by Gasteiger charge is 2.15. The Hall–Kier alpha value is -2.56. The first-order chi connectivity index (χ1) is 12.2. The average Bonchev–Trinajstić information content (AvgIpc) is 2.65. The summed E-state index contributed by atoms with van der Waals surface area (Å²) in [4.78, 5) is 14.2. The molecule has 1 amide bonds. The topological polar surface area (TPSA) is 41.6 Å². The monoisotopic (exact) mass is 342 g/mol. The number of carbonyl (C=O) groups excluding carboxylic acids is 1. The first kappa shape index (κ1) is 17.3. The van der Waals surface area contributed by atoms with E-state index in [1.54, 1.807) is 0 Å². The molecular formula is C20H23FN2O2. The largest absolute Gasteiger partial charge is 0.484 e. The quantitative estimate of drug-likeness (QED) is 0.786. The molecule has 0 aliphatic carbocycles. The van der Waals surface area contributed by atoms with Crippen molar-refractivity contribution in [3.8, 4) is 5.75 Å². The van der Waals surface area contributed by atoms with Crippen LogP contribution in [0.3, 0.4) is 0 Å². The first-order valence-corrected chi connectivity index (χ1v) is 8.70. The van der Waals surface area contributed by atoms with Crippen molar-refractivity contribution in [3.63, 3.8) is 0 Å². The molecule has 1 aliphatic heterocycles. The second-order valence-electron chi connectivity index (χ2n) is 6.17. The number of hydrogen-bond donors (Lipinski definition) is 1. The van der Waals surface area contributed by atoms with Crippen LogP contribution in [0, 0.1) is 5.82 Å². The van der Waals surface area contributed by atoms with Crippen molar-refractivity contribution in [2.24, 2.45) is 0 Å². The normalized spacial score (nSPS) is 13.2. The Kier molecular flexibility index (Phi) is 5.88. The van der Waals surface area contributed by atoms with Gasteiger partial charge in [0.05, 0.1) is 0 Å². The third-order valence-electron chi connectivity index (χ3n) is 4.32. The molecule has 4 nitrogen and oxygen atoms in total. The molecule has 0 aromatic heterocycles. The molecule has 132 valence electrons. The molecule has 25 heavy (non-hydrogen) atoms. The van der Waals surface area contributed by atoms with E-state index in [-0.39, 0.29) is 18.3 Å². The van der Waals surface area contributed by atoms with E-state index in [0.717, 1.165) is 25.9 Å². The molecule has 1 heterocycles. The van der Waals surface area contributed by atoms with E-state index in [2.05, 4.69) is 34.5 Å². The second-order valence-corrected chi connectivity index (χ2v) is 6.17. The molecule has 0 saturated carbocycles. The predicted octanol–water partition coefficient (Wildman–Crippen LogP) is 3.16. The van der Waals surface area contributed by atoms with Gasteiger partial charge in [-0.15, -0.1) is 0 Å². The summed E-state index contributed by atoms with van der Waals surface area (Å²) in [6.07, 6.45) is 3.20. The fourth-order valence-corrected chi connectivity index (χ4v) is 3.07. The Labute approximate surface area is 147 Å². The standard InChI is InChI=1S/C20H23FN2O2/c21-17-8-10-18(11-9-17)25-15-20(24)22-12-4-14-23-13-3-6-16-5-1-2-7-19(16)23/h1-2,5,7-11H,3-4,6,12-15H2,(H,22,24). The summed E-state index contributed by atoms with van der Waals surface area (Å²) in [5.74, 6) is 0.000862. The Balaban J connectivity index is 1.36. The maximum atomic E-state index is 12.8. The Morgan fingerprint density at radius 2 is 1.96 bits per heavy atom. The van der Waals surface area contributed by atoms with Gasteiger partial charge in [0.25, 0.3) is 5.91 Å². The number of fused-ring (bicyclic) bond motifs is 1. The highest BCUT2D eigenvalue weighted by atomic mass is 19.1. The summed E-state index contributed by atoms with van der Waals surface area (Å²) < 4.78 is 18.1. The summed E-state index contributed by atoms with van der Waals surface area (Å²) in [5, 5.41) is 2.86. The van der Waals surface area contributed by atoms with Gasteiger partial charge in [0.15, 0.2) is 6.61 Å². The number of nitrogens with one attached hydrogen (secondary N) is 1. The van der Waals surface area contributed by atoms with Crippen LogP contribution < -0.4 is 15.0 Å². The van der Waals surface area contributed by atoms with Crippen LogP contribution in [-0.2, 0) is 11.2 Å². The highest BCUT2D eigenvalue weighted by molar-refractivity contribution is 5.77.